The van der Waals surface area contributed by atoms with E-state index in [2.05, 4.69) is 15.4 Å². The molecule has 32 heavy (non-hydrogen) atoms. The Morgan fingerprint density at radius 3 is 2.12 bits per heavy atom. The van der Waals surface area contributed by atoms with Crippen molar-refractivity contribution in [3.8, 4) is 11.5 Å². The molecule has 0 fully saturated rings. The fraction of sp³-hybridized carbons (Fsp3) is 0.292. The Kier molecular flexibility index (Phi) is 5.61. The summed E-state index contributed by atoms with van der Waals surface area (Å²) in [6.45, 7) is 6.06. The van der Waals surface area contributed by atoms with Crippen molar-refractivity contribution in [3.05, 3.63) is 76.2 Å². The third kappa shape index (κ3) is 4.16. The number of fused-ring (bicyclic) bond motifs is 1. The van der Waals surface area contributed by atoms with Crippen LogP contribution in [0.3, 0.4) is 0 Å². The first-order chi connectivity index (χ1) is 15.3. The minimum atomic E-state index is -0.321. The van der Waals surface area contributed by atoms with Crippen LogP contribution in [0, 0.1) is 0 Å². The van der Waals surface area contributed by atoms with Crippen LogP contribution in [0.4, 0.5) is 5.95 Å². The summed E-state index contributed by atoms with van der Waals surface area (Å²) in [6.07, 6.45) is 1.55. The molecular weight excluding hydrogens is 406 g/mol. The monoisotopic (exact) mass is 433 g/mol. The standard InChI is InChI=1S/C24H27N5O3/c1-24(2,3)29-21-19(14-25-29)22(30)28-23(27-21)26-20(15-8-6-10-17(12-15)31-4)16-9-7-11-18(13-16)32-5/h6-14,20H,1-5H3,(H2,26,27,28,30). The molecule has 0 atom stereocenters. The highest BCUT2D eigenvalue weighted by molar-refractivity contribution is 5.74. The van der Waals surface area contributed by atoms with Gasteiger partial charge < -0.3 is 14.8 Å². The zero-order chi connectivity index (χ0) is 22.9. The molecule has 4 aromatic rings. The second-order valence-corrected chi connectivity index (χ2v) is 8.51. The number of hydrogen-bond donors (Lipinski definition) is 2. The van der Waals surface area contributed by atoms with Crippen LogP contribution in [0.5, 0.6) is 11.5 Å². The number of nitrogens with one attached hydrogen (secondary N) is 2. The number of aromatic amines is 1. The summed E-state index contributed by atoms with van der Waals surface area (Å²) in [5, 5.41) is 8.23. The highest BCUT2D eigenvalue weighted by Crippen LogP contribution is 2.30. The molecule has 2 heterocycles. The lowest BCUT2D eigenvalue weighted by Crippen LogP contribution is -2.24. The van der Waals surface area contributed by atoms with E-state index in [-0.39, 0.29) is 17.1 Å². The second kappa shape index (κ2) is 8.37. The van der Waals surface area contributed by atoms with Gasteiger partial charge >= 0.3 is 0 Å². The van der Waals surface area contributed by atoms with Crippen LogP contribution in [-0.2, 0) is 5.54 Å². The first-order valence-corrected chi connectivity index (χ1v) is 10.3. The summed E-state index contributed by atoms with van der Waals surface area (Å²) in [5.41, 5.74) is 1.86. The Labute approximate surface area is 186 Å². The van der Waals surface area contributed by atoms with Crippen LogP contribution < -0.4 is 20.3 Å². The van der Waals surface area contributed by atoms with Gasteiger partial charge in [-0.2, -0.15) is 10.1 Å². The molecule has 0 spiro atoms. The second-order valence-electron chi connectivity index (χ2n) is 8.51. The van der Waals surface area contributed by atoms with Crippen LogP contribution in [-0.4, -0.2) is 34.0 Å². The van der Waals surface area contributed by atoms with Crippen LogP contribution in [0.2, 0.25) is 0 Å². The topological polar surface area (TPSA) is 94.1 Å². The number of ether oxygens (including phenoxy) is 2. The first-order valence-electron chi connectivity index (χ1n) is 10.3. The van der Waals surface area contributed by atoms with Crippen molar-refractivity contribution in [1.29, 1.82) is 0 Å². The Morgan fingerprint density at radius 2 is 1.59 bits per heavy atom. The molecule has 0 radical (unpaired) electrons. The van der Waals surface area contributed by atoms with Crippen molar-refractivity contribution in [2.75, 3.05) is 19.5 Å². The van der Waals surface area contributed by atoms with Gasteiger partial charge in [-0.25, -0.2) is 4.68 Å². The fourth-order valence-corrected chi connectivity index (χ4v) is 3.62. The van der Waals surface area contributed by atoms with Gasteiger partial charge in [-0.1, -0.05) is 24.3 Å². The van der Waals surface area contributed by atoms with Gasteiger partial charge in [0.25, 0.3) is 5.56 Å². The molecule has 0 bridgehead atoms. The van der Waals surface area contributed by atoms with E-state index in [1.165, 1.54) is 0 Å². The Hall–Kier alpha value is -3.81. The molecule has 0 saturated carbocycles. The first kappa shape index (κ1) is 21.4. The summed E-state index contributed by atoms with van der Waals surface area (Å²) in [4.78, 5) is 20.3. The average Bonchev–Trinajstić information content (AvgIpc) is 3.23. The molecular formula is C24H27N5O3. The van der Waals surface area contributed by atoms with E-state index in [1.807, 2.05) is 69.3 Å². The predicted molar refractivity (Wildman–Crippen MR) is 125 cm³/mol. The van der Waals surface area contributed by atoms with Crippen molar-refractivity contribution in [2.45, 2.75) is 32.4 Å². The highest BCUT2D eigenvalue weighted by atomic mass is 16.5. The minimum absolute atomic E-state index is 0.247. The lowest BCUT2D eigenvalue weighted by Gasteiger charge is -2.22. The smallest absolute Gasteiger partial charge is 0.263 e. The Balaban J connectivity index is 1.83. The van der Waals surface area contributed by atoms with Gasteiger partial charge in [0.05, 0.1) is 32.0 Å². The van der Waals surface area contributed by atoms with Gasteiger partial charge in [-0.05, 0) is 56.2 Å². The molecule has 8 heteroatoms. The fourth-order valence-electron chi connectivity index (χ4n) is 3.62. The van der Waals surface area contributed by atoms with Crippen LogP contribution >= 0.6 is 0 Å². The summed E-state index contributed by atoms with van der Waals surface area (Å²) in [6, 6.07) is 15.2. The molecule has 0 saturated heterocycles. The van der Waals surface area contributed by atoms with Crippen molar-refractivity contribution in [2.24, 2.45) is 0 Å². The van der Waals surface area contributed by atoms with E-state index < -0.39 is 0 Å². The molecule has 2 N–H and O–H groups in total. The van der Waals surface area contributed by atoms with Gasteiger partial charge in [0.2, 0.25) is 5.95 Å². The van der Waals surface area contributed by atoms with Crippen molar-refractivity contribution < 1.29 is 9.47 Å². The van der Waals surface area contributed by atoms with Gasteiger partial charge in [0.1, 0.15) is 16.9 Å². The van der Waals surface area contributed by atoms with E-state index in [0.29, 0.717) is 17.0 Å². The van der Waals surface area contributed by atoms with Crippen LogP contribution in [0.25, 0.3) is 11.0 Å². The number of rotatable bonds is 6. The lowest BCUT2D eigenvalue weighted by atomic mass is 9.98. The normalized spacial score (nSPS) is 11.7. The minimum Gasteiger partial charge on any atom is -0.497 e. The largest absolute Gasteiger partial charge is 0.497 e. The van der Waals surface area contributed by atoms with E-state index >= 15 is 0 Å². The number of nitrogens with zero attached hydrogens (tertiary/aromatic N) is 3. The molecule has 0 aliphatic heterocycles. The van der Waals surface area contributed by atoms with Crippen molar-refractivity contribution >= 4 is 17.0 Å². The SMILES string of the molecule is COc1cccc(C(Nc2nc3c(cnn3C(C)(C)C)c(=O)[nH]2)c2cccc(OC)c2)c1. The lowest BCUT2D eigenvalue weighted by molar-refractivity contribution is 0.366. The Morgan fingerprint density at radius 1 is 1.00 bits per heavy atom. The van der Waals surface area contributed by atoms with Gasteiger partial charge in [-0.15, -0.1) is 0 Å². The predicted octanol–water partition coefficient (Wildman–Crippen LogP) is 4.09. The summed E-state index contributed by atoms with van der Waals surface area (Å²) in [5.74, 6) is 1.82. The zero-order valence-electron chi connectivity index (χ0n) is 18.8. The quantitative estimate of drug-likeness (QED) is 0.476. The highest BCUT2D eigenvalue weighted by Gasteiger charge is 2.22. The molecule has 0 amide bonds. The average molecular weight is 434 g/mol. The van der Waals surface area contributed by atoms with E-state index in [1.54, 1.807) is 25.1 Å². The van der Waals surface area contributed by atoms with Gasteiger partial charge in [-0.3, -0.25) is 9.78 Å². The number of benzene rings is 2. The summed E-state index contributed by atoms with van der Waals surface area (Å²) < 4.78 is 12.6. The number of methoxy groups -OCH3 is 2. The number of hydrogen-bond acceptors (Lipinski definition) is 6. The molecule has 2 aromatic heterocycles. The molecule has 0 unspecified atom stereocenters. The van der Waals surface area contributed by atoms with E-state index in [0.717, 1.165) is 22.6 Å². The summed E-state index contributed by atoms with van der Waals surface area (Å²) in [7, 11) is 3.27. The molecule has 0 aliphatic carbocycles. The van der Waals surface area contributed by atoms with Gasteiger partial charge in [0, 0.05) is 0 Å². The maximum Gasteiger partial charge on any atom is 0.263 e. The van der Waals surface area contributed by atoms with Crippen LogP contribution in [0.15, 0.2) is 59.5 Å². The molecule has 166 valence electrons. The van der Waals surface area contributed by atoms with E-state index in [9.17, 15) is 4.79 Å². The maximum absolute atomic E-state index is 12.8. The number of H-pyrrole nitrogens is 1. The van der Waals surface area contributed by atoms with Crippen molar-refractivity contribution in [3.63, 3.8) is 0 Å². The number of aromatic nitrogens is 4. The van der Waals surface area contributed by atoms with E-state index in [4.69, 9.17) is 14.5 Å². The zero-order valence-corrected chi connectivity index (χ0v) is 18.8. The third-order valence-corrected chi connectivity index (χ3v) is 5.21. The third-order valence-electron chi connectivity index (χ3n) is 5.21. The molecule has 2 aromatic carbocycles. The maximum atomic E-state index is 12.8. The molecule has 8 nitrogen and oxygen atoms in total. The molecule has 0 aliphatic rings. The Bertz CT molecular complexity index is 1260. The van der Waals surface area contributed by atoms with Crippen LogP contribution in [0.1, 0.15) is 37.9 Å². The number of anilines is 1. The van der Waals surface area contributed by atoms with Gasteiger partial charge in [0.15, 0.2) is 5.65 Å². The summed E-state index contributed by atoms with van der Waals surface area (Å²) >= 11 is 0. The van der Waals surface area contributed by atoms with Crippen molar-refractivity contribution in [1.82, 2.24) is 19.7 Å². The molecule has 4 rings (SSSR count).